The van der Waals surface area contributed by atoms with E-state index in [9.17, 15) is 9.18 Å². The Labute approximate surface area is 211 Å². The molecule has 0 unspecified atom stereocenters. The van der Waals surface area contributed by atoms with Crippen LogP contribution in [-0.2, 0) is 11.2 Å². The molecule has 1 heterocycles. The Hall–Kier alpha value is -2.30. The van der Waals surface area contributed by atoms with Gasteiger partial charge in [-0.15, -0.1) is 0 Å². The van der Waals surface area contributed by atoms with Gasteiger partial charge in [-0.3, -0.25) is 0 Å². The predicted octanol–water partition coefficient (Wildman–Crippen LogP) is 8.48. The Morgan fingerprint density at radius 3 is 2.23 bits per heavy atom. The number of esters is 1. The van der Waals surface area contributed by atoms with Gasteiger partial charge in [-0.2, -0.15) is 0 Å². The fourth-order valence-electron chi connectivity index (χ4n) is 5.00. The highest BCUT2D eigenvalue weighted by Crippen LogP contribution is 2.31. The third-order valence-electron chi connectivity index (χ3n) is 7.25. The van der Waals surface area contributed by atoms with Gasteiger partial charge in [0.1, 0.15) is 11.9 Å². The molecule has 1 aliphatic rings. The Morgan fingerprint density at radius 1 is 0.914 bits per heavy atom. The lowest BCUT2D eigenvalue weighted by Crippen LogP contribution is -2.25. The molecule has 1 fully saturated rings. The largest absolute Gasteiger partial charge is 0.459 e. The summed E-state index contributed by atoms with van der Waals surface area (Å²) in [6.45, 7) is 4.45. The molecule has 35 heavy (non-hydrogen) atoms. The summed E-state index contributed by atoms with van der Waals surface area (Å²) in [5.74, 6) is 0.0570. The second kappa shape index (κ2) is 15.0. The second-order valence-electron chi connectivity index (χ2n) is 10.2. The summed E-state index contributed by atoms with van der Waals surface area (Å²) in [7, 11) is 0. The number of unbranched alkanes of at least 4 members (excludes halogenated alkanes) is 7. The number of hydrogen-bond donors (Lipinski definition) is 0. The molecule has 0 N–H and O–H groups in total. The van der Waals surface area contributed by atoms with E-state index in [1.54, 1.807) is 6.07 Å². The maximum Gasteiger partial charge on any atom is 0.341 e. The van der Waals surface area contributed by atoms with Gasteiger partial charge in [-0.1, -0.05) is 77.7 Å². The van der Waals surface area contributed by atoms with Crippen LogP contribution in [0, 0.1) is 11.7 Å². The highest BCUT2D eigenvalue weighted by atomic mass is 19.1. The van der Waals surface area contributed by atoms with Crippen molar-refractivity contribution in [2.24, 2.45) is 5.92 Å². The Bertz CT molecular complexity index is 892. The van der Waals surface area contributed by atoms with Crippen LogP contribution < -0.4 is 0 Å². The van der Waals surface area contributed by atoms with Crippen LogP contribution in [0.5, 0.6) is 0 Å². The fourth-order valence-corrected chi connectivity index (χ4v) is 5.00. The number of nitrogens with zero attached hydrogens (tertiary/aromatic N) is 2. The lowest BCUT2D eigenvalue weighted by atomic mass is 9.84. The predicted molar refractivity (Wildman–Crippen MR) is 140 cm³/mol. The van der Waals surface area contributed by atoms with Crippen LogP contribution in [0.25, 0.3) is 11.4 Å². The SMILES string of the molecule is CCCCCCCc1cnc(-c2ccc(C(=O)OC3CCC(CCCCCC)CC3)c(F)c2)nc1. The topological polar surface area (TPSA) is 52.1 Å². The molecule has 0 amide bonds. The molecule has 0 aliphatic heterocycles. The van der Waals surface area contributed by atoms with E-state index < -0.39 is 11.8 Å². The molecule has 1 aliphatic carbocycles. The van der Waals surface area contributed by atoms with Crippen molar-refractivity contribution in [3.8, 4) is 11.4 Å². The minimum absolute atomic E-state index is 0.0147. The molecule has 1 aromatic carbocycles. The van der Waals surface area contributed by atoms with Gasteiger partial charge >= 0.3 is 5.97 Å². The first kappa shape index (κ1) is 27.3. The van der Waals surface area contributed by atoms with Crippen molar-refractivity contribution in [2.45, 2.75) is 116 Å². The van der Waals surface area contributed by atoms with Gasteiger partial charge in [0.25, 0.3) is 0 Å². The Kier molecular flexibility index (Phi) is 11.7. The zero-order valence-electron chi connectivity index (χ0n) is 21.7. The molecule has 0 radical (unpaired) electrons. The number of carbonyl (C=O) groups excluding carboxylic acids is 1. The third-order valence-corrected chi connectivity index (χ3v) is 7.25. The molecule has 1 aromatic heterocycles. The van der Waals surface area contributed by atoms with Crippen molar-refractivity contribution < 1.29 is 13.9 Å². The maximum absolute atomic E-state index is 14.8. The Morgan fingerprint density at radius 2 is 1.57 bits per heavy atom. The maximum atomic E-state index is 14.8. The average Bonchev–Trinajstić information content (AvgIpc) is 2.88. The van der Waals surface area contributed by atoms with Crippen LogP contribution in [-0.4, -0.2) is 22.0 Å². The summed E-state index contributed by atoms with van der Waals surface area (Å²) in [6.07, 6.45) is 21.1. The van der Waals surface area contributed by atoms with Crippen LogP contribution in [0.2, 0.25) is 0 Å². The lowest BCUT2D eigenvalue weighted by Gasteiger charge is -2.28. The molecule has 3 rings (SSSR count). The van der Waals surface area contributed by atoms with Gasteiger partial charge in [0, 0.05) is 18.0 Å². The zero-order chi connectivity index (χ0) is 24.9. The van der Waals surface area contributed by atoms with Gasteiger partial charge in [-0.25, -0.2) is 19.2 Å². The molecular weight excluding hydrogens is 439 g/mol. The van der Waals surface area contributed by atoms with Gasteiger partial charge in [-0.05, 0) is 62.1 Å². The molecule has 4 nitrogen and oxygen atoms in total. The number of ether oxygens (including phenoxy) is 1. The summed E-state index contributed by atoms with van der Waals surface area (Å²) in [4.78, 5) is 21.5. The van der Waals surface area contributed by atoms with E-state index in [-0.39, 0.29) is 11.7 Å². The molecule has 0 atom stereocenters. The highest BCUT2D eigenvalue weighted by molar-refractivity contribution is 5.90. The van der Waals surface area contributed by atoms with Crippen molar-refractivity contribution in [1.29, 1.82) is 0 Å². The number of aromatic nitrogens is 2. The van der Waals surface area contributed by atoms with Crippen LogP contribution in [0.15, 0.2) is 30.6 Å². The molecule has 0 bridgehead atoms. The van der Waals surface area contributed by atoms with E-state index in [2.05, 4.69) is 23.8 Å². The van der Waals surface area contributed by atoms with Gasteiger partial charge in [0.2, 0.25) is 0 Å². The number of aryl methyl sites for hydroxylation is 1. The first-order valence-corrected chi connectivity index (χ1v) is 13.9. The molecule has 1 saturated carbocycles. The summed E-state index contributed by atoms with van der Waals surface area (Å²) >= 11 is 0. The third kappa shape index (κ3) is 9.01. The quantitative estimate of drug-likeness (QED) is 0.200. The summed E-state index contributed by atoms with van der Waals surface area (Å²) in [6, 6.07) is 4.54. The monoisotopic (exact) mass is 482 g/mol. The van der Waals surface area contributed by atoms with Gasteiger partial charge in [0.15, 0.2) is 5.82 Å². The molecule has 5 heteroatoms. The van der Waals surface area contributed by atoms with E-state index in [1.165, 1.54) is 69.9 Å². The summed E-state index contributed by atoms with van der Waals surface area (Å²) in [5, 5.41) is 0. The number of benzene rings is 1. The number of halogens is 1. The van der Waals surface area contributed by atoms with Crippen LogP contribution in [0.1, 0.15) is 120 Å². The molecule has 0 spiro atoms. The molecular formula is C30H43FN2O2. The first-order chi connectivity index (χ1) is 17.1. The van der Waals surface area contributed by atoms with E-state index in [1.807, 2.05) is 12.4 Å². The molecule has 2 aromatic rings. The van der Waals surface area contributed by atoms with Crippen molar-refractivity contribution in [3.05, 3.63) is 47.5 Å². The summed E-state index contributed by atoms with van der Waals surface area (Å²) in [5.41, 5.74) is 1.65. The number of rotatable bonds is 14. The normalized spacial score (nSPS) is 17.9. The van der Waals surface area contributed by atoms with E-state index >= 15 is 0 Å². The second-order valence-corrected chi connectivity index (χ2v) is 10.2. The number of carbonyl (C=O) groups is 1. The van der Waals surface area contributed by atoms with E-state index in [0.717, 1.165) is 50.0 Å². The zero-order valence-corrected chi connectivity index (χ0v) is 21.7. The Balaban J connectivity index is 1.47. The minimum atomic E-state index is -0.583. The van der Waals surface area contributed by atoms with Crippen LogP contribution in [0.3, 0.4) is 0 Å². The van der Waals surface area contributed by atoms with Gasteiger partial charge < -0.3 is 4.74 Å². The smallest absolute Gasteiger partial charge is 0.341 e. The van der Waals surface area contributed by atoms with E-state index in [4.69, 9.17) is 4.74 Å². The average molecular weight is 483 g/mol. The van der Waals surface area contributed by atoms with Crippen molar-refractivity contribution in [3.63, 3.8) is 0 Å². The van der Waals surface area contributed by atoms with Crippen LogP contribution >= 0.6 is 0 Å². The van der Waals surface area contributed by atoms with Crippen molar-refractivity contribution in [1.82, 2.24) is 9.97 Å². The fraction of sp³-hybridized carbons (Fsp3) is 0.633. The van der Waals surface area contributed by atoms with Gasteiger partial charge in [0.05, 0.1) is 5.56 Å². The minimum Gasteiger partial charge on any atom is -0.459 e. The number of hydrogen-bond acceptors (Lipinski definition) is 4. The molecule has 192 valence electrons. The first-order valence-electron chi connectivity index (χ1n) is 13.9. The van der Waals surface area contributed by atoms with Crippen LogP contribution in [0.4, 0.5) is 4.39 Å². The molecule has 0 saturated heterocycles. The van der Waals surface area contributed by atoms with E-state index in [0.29, 0.717) is 11.4 Å². The standard InChI is InChI=1S/C30H43FN2O2/c1-3-5-7-9-11-13-24-21-32-29(33-22-24)25-16-19-27(28(31)20-25)30(34)35-26-17-14-23(15-18-26)12-10-8-6-4-2/h16,19-23,26H,3-15,17-18H2,1-2H3. The van der Waals surface area contributed by atoms with Crippen molar-refractivity contribution in [2.75, 3.05) is 0 Å². The highest BCUT2D eigenvalue weighted by Gasteiger charge is 2.25. The lowest BCUT2D eigenvalue weighted by molar-refractivity contribution is 0.0156. The van der Waals surface area contributed by atoms with Crippen molar-refractivity contribution >= 4 is 5.97 Å². The summed E-state index contributed by atoms with van der Waals surface area (Å²) < 4.78 is 20.5.